The molecule has 0 saturated heterocycles. The van der Waals surface area contributed by atoms with Crippen molar-refractivity contribution in [2.24, 2.45) is 0 Å². The zero-order valence-electron chi connectivity index (χ0n) is 8.83. The summed E-state index contributed by atoms with van der Waals surface area (Å²) in [7, 11) is 0. The van der Waals surface area contributed by atoms with Crippen LogP contribution in [0.1, 0.15) is 5.69 Å². The number of fused-ring (bicyclic) bond motifs is 1. The molecule has 0 aliphatic heterocycles. The highest BCUT2D eigenvalue weighted by Crippen LogP contribution is 2.20. The molecule has 3 aromatic rings. The molecule has 0 radical (unpaired) electrons. The van der Waals surface area contributed by atoms with E-state index in [-0.39, 0.29) is 0 Å². The second kappa shape index (κ2) is 3.41. The van der Waals surface area contributed by atoms with E-state index in [1.807, 2.05) is 43.5 Å². The Morgan fingerprint density at radius 1 is 1.00 bits per heavy atom. The quantitative estimate of drug-likeness (QED) is 0.618. The van der Waals surface area contributed by atoms with Crippen molar-refractivity contribution in [3.63, 3.8) is 0 Å². The van der Waals surface area contributed by atoms with Crippen molar-refractivity contribution in [3.8, 4) is 5.82 Å². The number of aryl methyl sites for hydroxylation is 1. The minimum Gasteiger partial charge on any atom is -0.220 e. The van der Waals surface area contributed by atoms with Crippen molar-refractivity contribution in [2.45, 2.75) is 6.92 Å². The molecule has 16 heavy (non-hydrogen) atoms. The number of nitrogens with zero attached hydrogens (tertiary/aromatic N) is 4. The molecule has 78 valence electrons. The second-order valence-electron chi connectivity index (χ2n) is 3.61. The van der Waals surface area contributed by atoms with E-state index in [1.165, 1.54) is 0 Å². The zero-order valence-corrected chi connectivity index (χ0v) is 8.83. The van der Waals surface area contributed by atoms with Crippen LogP contribution in [0.2, 0.25) is 0 Å². The highest BCUT2D eigenvalue weighted by Gasteiger charge is 2.07. The summed E-state index contributed by atoms with van der Waals surface area (Å²) in [4.78, 5) is 0. The molecule has 4 heteroatoms. The summed E-state index contributed by atoms with van der Waals surface area (Å²) in [5.74, 6) is 0.770. The average Bonchev–Trinajstić information content (AvgIpc) is 2.83. The molecule has 0 bridgehead atoms. The smallest absolute Gasteiger partial charge is 0.183 e. The minimum absolute atomic E-state index is 0.770. The van der Waals surface area contributed by atoms with E-state index in [1.54, 1.807) is 10.9 Å². The molecular weight excluding hydrogens is 200 g/mol. The molecule has 0 aliphatic carbocycles. The van der Waals surface area contributed by atoms with Gasteiger partial charge in [-0.15, -0.1) is 5.10 Å². The van der Waals surface area contributed by atoms with Gasteiger partial charge in [0, 0.05) is 23.2 Å². The molecule has 0 unspecified atom stereocenters. The lowest BCUT2D eigenvalue weighted by Crippen LogP contribution is -2.02. The molecule has 0 saturated carbocycles. The van der Waals surface area contributed by atoms with Gasteiger partial charge in [0.1, 0.15) is 0 Å². The fraction of sp³-hybridized carbons (Fsp3) is 0.0833. The Bertz CT molecular complexity index is 629. The molecule has 0 atom stereocenters. The Labute approximate surface area is 92.6 Å². The van der Waals surface area contributed by atoms with Gasteiger partial charge in [-0.3, -0.25) is 0 Å². The lowest BCUT2D eigenvalue weighted by Gasteiger charge is -2.05. The third-order valence-electron chi connectivity index (χ3n) is 2.57. The third-order valence-corrected chi connectivity index (χ3v) is 2.57. The van der Waals surface area contributed by atoms with Crippen molar-refractivity contribution >= 4 is 10.8 Å². The van der Waals surface area contributed by atoms with Crippen molar-refractivity contribution < 1.29 is 0 Å². The summed E-state index contributed by atoms with van der Waals surface area (Å²) >= 11 is 0. The standard InChI is InChI=1S/C12H10N4/c1-9-10-5-2-3-6-11(10)12(15-14-9)16-8-4-7-13-16/h2-8H,1H3. The molecule has 2 heterocycles. The molecule has 0 amide bonds. The van der Waals surface area contributed by atoms with Crippen LogP contribution in [0.3, 0.4) is 0 Å². The van der Waals surface area contributed by atoms with Crippen LogP contribution < -0.4 is 0 Å². The van der Waals surface area contributed by atoms with Gasteiger partial charge in [0.05, 0.1) is 5.69 Å². The highest BCUT2D eigenvalue weighted by atomic mass is 15.3. The molecule has 0 spiro atoms. The van der Waals surface area contributed by atoms with E-state index < -0.39 is 0 Å². The van der Waals surface area contributed by atoms with Gasteiger partial charge < -0.3 is 0 Å². The Morgan fingerprint density at radius 2 is 1.81 bits per heavy atom. The Balaban J connectivity index is 2.39. The zero-order chi connectivity index (χ0) is 11.0. The van der Waals surface area contributed by atoms with Crippen molar-refractivity contribution in [2.75, 3.05) is 0 Å². The van der Waals surface area contributed by atoms with Crippen LogP contribution in [-0.2, 0) is 0 Å². The predicted molar refractivity (Wildman–Crippen MR) is 61.4 cm³/mol. The van der Waals surface area contributed by atoms with Crippen LogP contribution in [0.15, 0.2) is 42.7 Å². The fourth-order valence-corrected chi connectivity index (χ4v) is 1.79. The largest absolute Gasteiger partial charge is 0.220 e. The Morgan fingerprint density at radius 3 is 2.56 bits per heavy atom. The predicted octanol–water partition coefficient (Wildman–Crippen LogP) is 2.12. The molecule has 4 nitrogen and oxygen atoms in total. The first-order valence-corrected chi connectivity index (χ1v) is 5.08. The van der Waals surface area contributed by atoms with Gasteiger partial charge in [0.15, 0.2) is 5.82 Å². The van der Waals surface area contributed by atoms with Gasteiger partial charge >= 0.3 is 0 Å². The lowest BCUT2D eigenvalue weighted by molar-refractivity contribution is 0.819. The molecular formula is C12H10N4. The van der Waals surface area contributed by atoms with Crippen LogP contribution in [-0.4, -0.2) is 20.0 Å². The summed E-state index contributed by atoms with van der Waals surface area (Å²) in [6, 6.07) is 9.96. The first kappa shape index (κ1) is 9.03. The van der Waals surface area contributed by atoms with Crippen LogP contribution in [0.25, 0.3) is 16.6 Å². The summed E-state index contributed by atoms with van der Waals surface area (Å²) in [5, 5.41) is 14.7. The van der Waals surface area contributed by atoms with Crippen molar-refractivity contribution in [3.05, 3.63) is 48.4 Å². The third kappa shape index (κ3) is 1.27. The van der Waals surface area contributed by atoms with E-state index in [4.69, 9.17) is 0 Å². The molecule has 0 aliphatic rings. The first-order valence-electron chi connectivity index (χ1n) is 5.08. The summed E-state index contributed by atoms with van der Waals surface area (Å²) in [5.41, 5.74) is 0.937. The van der Waals surface area contributed by atoms with E-state index in [2.05, 4.69) is 15.3 Å². The molecule has 0 N–H and O–H groups in total. The first-order chi connectivity index (χ1) is 7.86. The van der Waals surface area contributed by atoms with E-state index >= 15 is 0 Å². The molecule has 1 aromatic carbocycles. The van der Waals surface area contributed by atoms with Crippen molar-refractivity contribution in [1.29, 1.82) is 0 Å². The second-order valence-corrected chi connectivity index (χ2v) is 3.61. The molecule has 0 fully saturated rings. The van der Waals surface area contributed by atoms with Gasteiger partial charge in [-0.25, -0.2) is 4.68 Å². The molecule has 2 aromatic heterocycles. The van der Waals surface area contributed by atoms with Crippen LogP contribution >= 0.6 is 0 Å². The number of hydrogen-bond acceptors (Lipinski definition) is 3. The fourth-order valence-electron chi connectivity index (χ4n) is 1.79. The number of hydrogen-bond donors (Lipinski definition) is 0. The van der Waals surface area contributed by atoms with Gasteiger partial charge in [0.2, 0.25) is 0 Å². The summed E-state index contributed by atoms with van der Waals surface area (Å²) in [6.07, 6.45) is 3.60. The maximum absolute atomic E-state index is 4.20. The Kier molecular flexibility index (Phi) is 1.93. The van der Waals surface area contributed by atoms with Gasteiger partial charge in [-0.05, 0) is 13.0 Å². The van der Waals surface area contributed by atoms with Crippen molar-refractivity contribution in [1.82, 2.24) is 20.0 Å². The van der Waals surface area contributed by atoms with Crippen LogP contribution in [0.4, 0.5) is 0 Å². The number of benzene rings is 1. The summed E-state index contributed by atoms with van der Waals surface area (Å²) in [6.45, 7) is 1.96. The minimum atomic E-state index is 0.770. The topological polar surface area (TPSA) is 43.6 Å². The van der Waals surface area contributed by atoms with E-state index in [0.29, 0.717) is 0 Å². The average molecular weight is 210 g/mol. The maximum Gasteiger partial charge on any atom is 0.183 e. The van der Waals surface area contributed by atoms with Gasteiger partial charge in [0.25, 0.3) is 0 Å². The maximum atomic E-state index is 4.20. The number of aromatic nitrogens is 4. The highest BCUT2D eigenvalue weighted by molar-refractivity contribution is 5.89. The number of rotatable bonds is 1. The Hall–Kier alpha value is -2.23. The van der Waals surface area contributed by atoms with Crippen LogP contribution in [0, 0.1) is 6.92 Å². The van der Waals surface area contributed by atoms with Gasteiger partial charge in [-0.1, -0.05) is 24.3 Å². The monoisotopic (exact) mass is 210 g/mol. The van der Waals surface area contributed by atoms with E-state index in [9.17, 15) is 0 Å². The normalized spacial score (nSPS) is 10.8. The SMILES string of the molecule is Cc1nnc(-n2cccn2)c2ccccc12. The van der Waals surface area contributed by atoms with E-state index in [0.717, 1.165) is 22.3 Å². The summed E-state index contributed by atoms with van der Waals surface area (Å²) < 4.78 is 1.73. The lowest BCUT2D eigenvalue weighted by atomic mass is 10.1. The van der Waals surface area contributed by atoms with Gasteiger partial charge in [-0.2, -0.15) is 10.2 Å². The molecule has 3 rings (SSSR count). The van der Waals surface area contributed by atoms with Crippen LogP contribution in [0.5, 0.6) is 0 Å².